The second-order valence-electron chi connectivity index (χ2n) is 3.72. The molecular weight excluding hydrogens is 158 g/mol. The molecule has 0 aromatic heterocycles. The zero-order chi connectivity index (χ0) is 10.1. The van der Waals surface area contributed by atoms with Crippen molar-refractivity contribution in [2.24, 2.45) is 11.8 Å². The number of unbranched alkanes of at least 4 members (excludes halogenated alkanes) is 1. The first kappa shape index (κ1) is 12.2. The summed E-state index contributed by atoms with van der Waals surface area (Å²) in [7, 11) is 0. The van der Waals surface area contributed by atoms with Crippen molar-refractivity contribution in [3.05, 3.63) is 12.7 Å². The lowest BCUT2D eigenvalue weighted by atomic mass is 9.87. The molecule has 0 aromatic carbocycles. The summed E-state index contributed by atoms with van der Waals surface area (Å²) in [4.78, 5) is 0. The Morgan fingerprint density at radius 2 is 2.15 bits per heavy atom. The van der Waals surface area contributed by atoms with E-state index < -0.39 is 0 Å². The van der Waals surface area contributed by atoms with Gasteiger partial charge in [0.15, 0.2) is 0 Å². The van der Waals surface area contributed by atoms with Crippen LogP contribution in [0.25, 0.3) is 0 Å². The molecule has 0 amide bonds. The fourth-order valence-corrected chi connectivity index (χ4v) is 1.50. The fraction of sp³-hybridized carbons (Fsp3) is 0.750. The average Bonchev–Trinajstić information content (AvgIpc) is 2.16. The van der Waals surface area contributed by atoms with Gasteiger partial charge in [-0.1, -0.05) is 32.8 Å². The number of nitrogens with zero attached hydrogens (tertiary/aromatic N) is 1. The highest BCUT2D eigenvalue weighted by atomic mass is 14.3. The van der Waals surface area contributed by atoms with Crippen molar-refractivity contribution < 1.29 is 0 Å². The first-order valence-corrected chi connectivity index (χ1v) is 5.26. The lowest BCUT2D eigenvalue weighted by molar-refractivity contribution is 0.380. The summed E-state index contributed by atoms with van der Waals surface area (Å²) in [5.74, 6) is 0.773. The molecule has 0 spiro atoms. The van der Waals surface area contributed by atoms with E-state index in [9.17, 15) is 0 Å². The van der Waals surface area contributed by atoms with Crippen molar-refractivity contribution in [1.29, 1.82) is 5.26 Å². The molecule has 0 aliphatic rings. The van der Waals surface area contributed by atoms with Crippen molar-refractivity contribution >= 4 is 0 Å². The van der Waals surface area contributed by atoms with E-state index >= 15 is 0 Å². The summed E-state index contributed by atoms with van der Waals surface area (Å²) < 4.78 is 0. The normalized spacial score (nSPS) is 14.5. The van der Waals surface area contributed by atoms with Crippen LogP contribution >= 0.6 is 0 Å². The highest BCUT2D eigenvalue weighted by Gasteiger charge is 2.14. The van der Waals surface area contributed by atoms with E-state index in [1.54, 1.807) is 0 Å². The molecule has 1 nitrogen and oxygen atoms in total. The second-order valence-corrected chi connectivity index (χ2v) is 3.72. The molecule has 1 heteroatoms. The third-order valence-electron chi connectivity index (χ3n) is 2.55. The molecule has 0 saturated carbocycles. The van der Waals surface area contributed by atoms with Crippen LogP contribution in [-0.2, 0) is 0 Å². The minimum Gasteiger partial charge on any atom is -0.198 e. The van der Waals surface area contributed by atoms with Crippen LogP contribution < -0.4 is 0 Å². The molecule has 0 aromatic rings. The molecular formula is C12H21N. The van der Waals surface area contributed by atoms with Gasteiger partial charge >= 0.3 is 0 Å². The van der Waals surface area contributed by atoms with Gasteiger partial charge in [0.1, 0.15) is 0 Å². The first-order valence-electron chi connectivity index (χ1n) is 5.26. The maximum Gasteiger partial charge on any atom is 0.0658 e. The van der Waals surface area contributed by atoms with Gasteiger partial charge < -0.3 is 0 Å². The standard InChI is InChI=1S/C12H21N/c1-4-6-8-11(3)12(10-13)9-7-5-2/h5,11-12H,2,4,6-9H2,1,3H3. The van der Waals surface area contributed by atoms with Crippen molar-refractivity contribution in [1.82, 2.24) is 0 Å². The van der Waals surface area contributed by atoms with Crippen molar-refractivity contribution in [3.8, 4) is 6.07 Å². The molecule has 2 unspecified atom stereocenters. The van der Waals surface area contributed by atoms with E-state index in [4.69, 9.17) is 5.26 Å². The van der Waals surface area contributed by atoms with Crippen LogP contribution in [0.15, 0.2) is 12.7 Å². The maximum atomic E-state index is 8.94. The quantitative estimate of drug-likeness (QED) is 0.543. The van der Waals surface area contributed by atoms with Gasteiger partial charge in [-0.15, -0.1) is 6.58 Å². The molecule has 0 radical (unpaired) electrons. The number of hydrogen-bond acceptors (Lipinski definition) is 1. The maximum absolute atomic E-state index is 8.94. The highest BCUT2D eigenvalue weighted by Crippen LogP contribution is 2.21. The molecule has 0 N–H and O–H groups in total. The lowest BCUT2D eigenvalue weighted by Gasteiger charge is -2.16. The van der Waals surface area contributed by atoms with Crippen LogP contribution in [0.4, 0.5) is 0 Å². The van der Waals surface area contributed by atoms with Crippen molar-refractivity contribution in [2.45, 2.75) is 46.0 Å². The fourth-order valence-electron chi connectivity index (χ4n) is 1.50. The van der Waals surface area contributed by atoms with E-state index in [2.05, 4.69) is 26.5 Å². The van der Waals surface area contributed by atoms with Crippen LogP contribution in [-0.4, -0.2) is 0 Å². The summed E-state index contributed by atoms with van der Waals surface area (Å²) in [5.41, 5.74) is 0. The van der Waals surface area contributed by atoms with Gasteiger partial charge in [0.2, 0.25) is 0 Å². The van der Waals surface area contributed by atoms with E-state index in [0.29, 0.717) is 5.92 Å². The Balaban J connectivity index is 3.78. The minimum absolute atomic E-state index is 0.226. The molecule has 74 valence electrons. The van der Waals surface area contributed by atoms with Gasteiger partial charge in [0.05, 0.1) is 6.07 Å². The van der Waals surface area contributed by atoms with Crippen LogP contribution in [0.3, 0.4) is 0 Å². The third kappa shape index (κ3) is 5.47. The number of hydrogen-bond donors (Lipinski definition) is 0. The molecule has 2 atom stereocenters. The topological polar surface area (TPSA) is 23.8 Å². The largest absolute Gasteiger partial charge is 0.198 e. The smallest absolute Gasteiger partial charge is 0.0658 e. The summed E-state index contributed by atoms with van der Waals surface area (Å²) >= 11 is 0. The minimum atomic E-state index is 0.226. The van der Waals surface area contributed by atoms with Crippen LogP contribution in [0.2, 0.25) is 0 Å². The highest BCUT2D eigenvalue weighted by molar-refractivity contribution is 4.88. The Bertz CT molecular complexity index is 166. The van der Waals surface area contributed by atoms with Crippen LogP contribution in [0.5, 0.6) is 0 Å². The van der Waals surface area contributed by atoms with E-state index in [1.807, 2.05) is 6.08 Å². The Morgan fingerprint density at radius 1 is 1.46 bits per heavy atom. The van der Waals surface area contributed by atoms with Crippen molar-refractivity contribution in [3.63, 3.8) is 0 Å². The van der Waals surface area contributed by atoms with Crippen LogP contribution in [0, 0.1) is 23.2 Å². The van der Waals surface area contributed by atoms with Gasteiger partial charge in [0, 0.05) is 5.92 Å². The van der Waals surface area contributed by atoms with Gasteiger partial charge in [-0.2, -0.15) is 5.26 Å². The predicted molar refractivity (Wildman–Crippen MR) is 57.2 cm³/mol. The Labute approximate surface area is 82.5 Å². The summed E-state index contributed by atoms with van der Waals surface area (Å²) in [6, 6.07) is 2.40. The number of allylic oxidation sites excluding steroid dienone is 1. The van der Waals surface area contributed by atoms with E-state index in [1.165, 1.54) is 19.3 Å². The monoisotopic (exact) mass is 179 g/mol. The van der Waals surface area contributed by atoms with Crippen LogP contribution in [0.1, 0.15) is 46.0 Å². The predicted octanol–water partition coefficient (Wildman–Crippen LogP) is 3.92. The zero-order valence-corrected chi connectivity index (χ0v) is 8.92. The molecule has 0 heterocycles. The van der Waals surface area contributed by atoms with Crippen molar-refractivity contribution in [2.75, 3.05) is 0 Å². The molecule has 0 bridgehead atoms. The number of nitriles is 1. The van der Waals surface area contributed by atoms with Gasteiger partial charge in [-0.3, -0.25) is 0 Å². The molecule has 0 fully saturated rings. The SMILES string of the molecule is C=CCCC(C#N)C(C)CCCC. The molecule has 13 heavy (non-hydrogen) atoms. The molecule has 0 rings (SSSR count). The lowest BCUT2D eigenvalue weighted by Crippen LogP contribution is -2.09. The Hall–Kier alpha value is -0.770. The Kier molecular flexibility index (Phi) is 7.39. The average molecular weight is 179 g/mol. The Morgan fingerprint density at radius 3 is 2.62 bits per heavy atom. The van der Waals surface area contributed by atoms with Gasteiger partial charge in [0.25, 0.3) is 0 Å². The van der Waals surface area contributed by atoms with E-state index in [0.717, 1.165) is 12.8 Å². The molecule has 0 aliphatic heterocycles. The first-order chi connectivity index (χ1) is 6.26. The summed E-state index contributed by atoms with van der Waals surface area (Å²) in [5, 5.41) is 8.94. The molecule has 0 saturated heterocycles. The summed E-state index contributed by atoms with van der Waals surface area (Å²) in [6.45, 7) is 8.06. The summed E-state index contributed by atoms with van der Waals surface area (Å²) in [6.07, 6.45) is 7.50. The van der Waals surface area contributed by atoms with Gasteiger partial charge in [-0.25, -0.2) is 0 Å². The second kappa shape index (κ2) is 7.86. The van der Waals surface area contributed by atoms with E-state index in [-0.39, 0.29) is 5.92 Å². The number of rotatable bonds is 7. The van der Waals surface area contributed by atoms with Gasteiger partial charge in [-0.05, 0) is 25.2 Å². The third-order valence-corrected chi connectivity index (χ3v) is 2.55. The molecule has 0 aliphatic carbocycles. The zero-order valence-electron chi connectivity index (χ0n) is 8.92.